The van der Waals surface area contributed by atoms with Crippen molar-refractivity contribution >= 4 is 5.97 Å². The maximum atomic E-state index is 12.2. The molecule has 2 aliphatic rings. The zero-order chi connectivity index (χ0) is 12.6. The zero-order valence-electron chi connectivity index (χ0n) is 10.8. The molecule has 17 heavy (non-hydrogen) atoms. The fraction of sp³-hybridized carbons (Fsp3) is 0.846. The summed E-state index contributed by atoms with van der Waals surface area (Å²) in [5.41, 5.74) is -0.469. The summed E-state index contributed by atoms with van der Waals surface area (Å²) in [6.45, 7) is 7.35. The van der Waals surface area contributed by atoms with Gasteiger partial charge in [-0.3, -0.25) is 9.69 Å². The lowest BCUT2D eigenvalue weighted by Gasteiger charge is -2.25. The third-order valence-electron chi connectivity index (χ3n) is 3.54. The lowest BCUT2D eigenvalue weighted by atomic mass is 9.90. The molecule has 0 aromatic rings. The van der Waals surface area contributed by atoms with Crippen LogP contribution >= 0.6 is 0 Å². The minimum atomic E-state index is -0.469. The van der Waals surface area contributed by atoms with Gasteiger partial charge in [0.25, 0.3) is 0 Å². The minimum absolute atomic E-state index is 0.196. The predicted molar refractivity (Wildman–Crippen MR) is 63.0 cm³/mol. The Hall–Kier alpha value is -1.08. The van der Waals surface area contributed by atoms with E-state index in [1.54, 1.807) is 0 Å². The summed E-state index contributed by atoms with van der Waals surface area (Å²) < 4.78 is 5.45. The number of ether oxygens (including phenoxy) is 1. The molecule has 0 aromatic heterocycles. The van der Waals surface area contributed by atoms with Gasteiger partial charge in [0.05, 0.1) is 17.9 Å². The molecule has 0 aromatic carbocycles. The summed E-state index contributed by atoms with van der Waals surface area (Å²) in [4.78, 5) is 14.4. The van der Waals surface area contributed by atoms with Gasteiger partial charge in [0, 0.05) is 12.6 Å². The van der Waals surface area contributed by atoms with Crippen LogP contribution < -0.4 is 0 Å². The first-order chi connectivity index (χ1) is 7.92. The fourth-order valence-electron chi connectivity index (χ4n) is 2.93. The van der Waals surface area contributed by atoms with Crippen LogP contribution in [0.1, 0.15) is 33.6 Å². The molecule has 3 unspecified atom stereocenters. The Morgan fingerprint density at radius 3 is 2.76 bits per heavy atom. The molecular weight excluding hydrogens is 216 g/mol. The number of esters is 1. The second-order valence-electron chi connectivity index (χ2n) is 6.00. The summed E-state index contributed by atoms with van der Waals surface area (Å²) in [7, 11) is 0. The van der Waals surface area contributed by atoms with Gasteiger partial charge in [0.15, 0.2) is 0 Å². The van der Waals surface area contributed by atoms with Crippen LogP contribution in [-0.4, -0.2) is 35.6 Å². The molecule has 94 valence electrons. The molecule has 3 atom stereocenters. The van der Waals surface area contributed by atoms with Gasteiger partial charge >= 0.3 is 5.97 Å². The van der Waals surface area contributed by atoms with Crippen molar-refractivity contribution in [2.24, 2.45) is 11.8 Å². The number of hydrogen-bond acceptors (Lipinski definition) is 4. The smallest absolute Gasteiger partial charge is 0.312 e. The second-order valence-corrected chi connectivity index (χ2v) is 6.00. The van der Waals surface area contributed by atoms with Crippen LogP contribution in [0.2, 0.25) is 0 Å². The lowest BCUT2D eigenvalue weighted by molar-refractivity contribution is -0.161. The highest BCUT2D eigenvalue weighted by molar-refractivity contribution is 5.75. The summed E-state index contributed by atoms with van der Waals surface area (Å²) >= 11 is 0. The highest BCUT2D eigenvalue weighted by Gasteiger charge is 2.49. The quantitative estimate of drug-likeness (QED) is 0.648. The van der Waals surface area contributed by atoms with E-state index in [1.165, 1.54) is 0 Å². The van der Waals surface area contributed by atoms with E-state index in [4.69, 9.17) is 10.00 Å². The van der Waals surface area contributed by atoms with Crippen LogP contribution in [0, 0.1) is 23.2 Å². The van der Waals surface area contributed by atoms with Gasteiger partial charge in [-0.25, -0.2) is 0 Å². The Morgan fingerprint density at radius 2 is 2.18 bits per heavy atom. The van der Waals surface area contributed by atoms with Crippen molar-refractivity contribution in [3.05, 3.63) is 0 Å². The Bertz CT molecular complexity index is 353. The number of carbonyl (C=O) groups is 1. The molecule has 0 radical (unpaired) electrons. The lowest BCUT2D eigenvalue weighted by Crippen LogP contribution is -2.36. The summed E-state index contributed by atoms with van der Waals surface area (Å²) in [5, 5.41) is 9.15. The number of rotatable bonds is 1. The molecule has 0 N–H and O–H groups in total. The molecular formula is C13H20N2O2. The number of nitrogens with zero attached hydrogens (tertiary/aromatic N) is 2. The standard InChI is InChI=1S/C13H20N2O2/c1-13(2,3)17-12(16)11-9(7-14)8-15-6-4-5-10(11)15/h9-11H,4-6,8H2,1-3H3. The molecule has 2 aliphatic heterocycles. The summed E-state index contributed by atoms with van der Waals surface area (Å²) in [5.74, 6) is -0.643. The summed E-state index contributed by atoms with van der Waals surface area (Å²) in [6, 6.07) is 2.50. The van der Waals surface area contributed by atoms with Crippen LogP contribution in [0.4, 0.5) is 0 Å². The van der Waals surface area contributed by atoms with Crippen LogP contribution in [-0.2, 0) is 9.53 Å². The van der Waals surface area contributed by atoms with Gasteiger partial charge < -0.3 is 4.74 Å². The minimum Gasteiger partial charge on any atom is -0.460 e. The van der Waals surface area contributed by atoms with Crippen LogP contribution in [0.3, 0.4) is 0 Å². The highest BCUT2D eigenvalue weighted by atomic mass is 16.6. The number of fused-ring (bicyclic) bond motifs is 1. The number of carbonyl (C=O) groups excluding carboxylic acids is 1. The highest BCUT2D eigenvalue weighted by Crippen LogP contribution is 2.37. The maximum Gasteiger partial charge on any atom is 0.312 e. The fourth-order valence-corrected chi connectivity index (χ4v) is 2.93. The van der Waals surface area contributed by atoms with Gasteiger partial charge in [0.2, 0.25) is 0 Å². The second kappa shape index (κ2) is 4.30. The average molecular weight is 236 g/mol. The van der Waals surface area contributed by atoms with E-state index >= 15 is 0 Å². The first-order valence-corrected chi connectivity index (χ1v) is 6.29. The molecule has 4 nitrogen and oxygen atoms in total. The van der Waals surface area contributed by atoms with E-state index in [0.29, 0.717) is 0 Å². The van der Waals surface area contributed by atoms with Gasteiger partial charge in [-0.15, -0.1) is 0 Å². The summed E-state index contributed by atoms with van der Waals surface area (Å²) in [6.07, 6.45) is 2.14. The predicted octanol–water partition coefficient (Wildman–Crippen LogP) is 1.56. The van der Waals surface area contributed by atoms with Crippen molar-refractivity contribution in [3.63, 3.8) is 0 Å². The van der Waals surface area contributed by atoms with E-state index in [-0.39, 0.29) is 23.8 Å². The first kappa shape index (κ1) is 12.4. The average Bonchev–Trinajstić information content (AvgIpc) is 2.71. The van der Waals surface area contributed by atoms with Gasteiger partial charge in [0.1, 0.15) is 5.60 Å². The SMILES string of the molecule is CC(C)(C)OC(=O)C1C(C#N)CN2CCCC12. The van der Waals surface area contributed by atoms with Crippen molar-refractivity contribution in [1.82, 2.24) is 4.90 Å². The van der Waals surface area contributed by atoms with Crippen molar-refractivity contribution < 1.29 is 9.53 Å². The Kier molecular flexibility index (Phi) is 3.13. The molecule has 0 spiro atoms. The molecule has 2 saturated heterocycles. The van der Waals surface area contributed by atoms with E-state index in [9.17, 15) is 4.79 Å². The Labute approximate surface area is 103 Å². The van der Waals surface area contributed by atoms with E-state index in [1.807, 2.05) is 20.8 Å². The molecule has 0 amide bonds. The third-order valence-corrected chi connectivity index (χ3v) is 3.54. The van der Waals surface area contributed by atoms with Crippen molar-refractivity contribution in [1.29, 1.82) is 5.26 Å². The number of hydrogen-bond donors (Lipinski definition) is 0. The van der Waals surface area contributed by atoms with Crippen molar-refractivity contribution in [3.8, 4) is 6.07 Å². The first-order valence-electron chi connectivity index (χ1n) is 6.29. The molecule has 0 aliphatic carbocycles. The molecule has 0 bridgehead atoms. The molecule has 2 rings (SSSR count). The van der Waals surface area contributed by atoms with Crippen LogP contribution in [0.15, 0.2) is 0 Å². The van der Waals surface area contributed by atoms with Crippen LogP contribution in [0.25, 0.3) is 0 Å². The molecule has 2 heterocycles. The topological polar surface area (TPSA) is 53.3 Å². The largest absolute Gasteiger partial charge is 0.460 e. The van der Waals surface area contributed by atoms with Crippen molar-refractivity contribution in [2.45, 2.75) is 45.3 Å². The van der Waals surface area contributed by atoms with Crippen molar-refractivity contribution in [2.75, 3.05) is 13.1 Å². The Balaban J connectivity index is 2.12. The number of nitriles is 1. The van der Waals surface area contributed by atoms with Gasteiger partial charge in [-0.1, -0.05) is 0 Å². The van der Waals surface area contributed by atoms with Crippen LogP contribution in [0.5, 0.6) is 0 Å². The molecule has 2 fully saturated rings. The van der Waals surface area contributed by atoms with Gasteiger partial charge in [-0.05, 0) is 40.2 Å². The van der Waals surface area contributed by atoms with E-state index in [2.05, 4.69) is 11.0 Å². The molecule has 0 saturated carbocycles. The third kappa shape index (κ3) is 2.44. The maximum absolute atomic E-state index is 12.2. The van der Waals surface area contributed by atoms with E-state index < -0.39 is 5.60 Å². The normalized spacial score (nSPS) is 33.2. The van der Waals surface area contributed by atoms with Gasteiger partial charge in [-0.2, -0.15) is 5.26 Å². The molecule has 4 heteroatoms. The van der Waals surface area contributed by atoms with E-state index in [0.717, 1.165) is 25.9 Å². The Morgan fingerprint density at radius 1 is 1.47 bits per heavy atom. The monoisotopic (exact) mass is 236 g/mol. The zero-order valence-corrected chi connectivity index (χ0v) is 10.8.